The molecule has 14 heavy (non-hydrogen) atoms. The van der Waals surface area contributed by atoms with Crippen LogP contribution in [-0.4, -0.2) is 28.6 Å². The minimum absolute atomic E-state index is 0.245. The average Bonchev–Trinajstić information content (AvgIpc) is 2.02. The van der Waals surface area contributed by atoms with Crippen LogP contribution in [0.1, 0.15) is 33.6 Å². The van der Waals surface area contributed by atoms with Gasteiger partial charge in [-0.1, -0.05) is 0 Å². The summed E-state index contributed by atoms with van der Waals surface area (Å²) in [4.78, 5) is 11.8. The third-order valence-electron chi connectivity index (χ3n) is 2.19. The Morgan fingerprint density at radius 1 is 1.36 bits per heavy atom. The average molecular weight is 217 g/mol. The van der Waals surface area contributed by atoms with E-state index in [9.17, 15) is 4.79 Å². The van der Waals surface area contributed by atoms with E-state index >= 15 is 0 Å². The van der Waals surface area contributed by atoms with Gasteiger partial charge in [0.1, 0.15) is 11.1 Å². The highest BCUT2D eigenvalue weighted by Crippen LogP contribution is 2.27. The molecule has 2 N–H and O–H groups in total. The van der Waals surface area contributed by atoms with Crippen molar-refractivity contribution in [2.24, 2.45) is 5.73 Å². The Balaban J connectivity index is 2.58. The normalized spacial score (nSPS) is 21.7. The van der Waals surface area contributed by atoms with Crippen LogP contribution in [0.2, 0.25) is 0 Å². The molecule has 1 aliphatic rings. The van der Waals surface area contributed by atoms with E-state index in [1.807, 2.05) is 32.5 Å². The highest BCUT2D eigenvalue weighted by atomic mass is 32.2. The summed E-state index contributed by atoms with van der Waals surface area (Å²) in [5.74, 6) is 1.66. The molecular weight excluding hydrogens is 198 g/mol. The quantitative estimate of drug-likeness (QED) is 0.677. The molecular formula is C10H19NO2S. The fourth-order valence-corrected chi connectivity index (χ4v) is 2.54. The summed E-state index contributed by atoms with van der Waals surface area (Å²) in [6.45, 7) is 5.60. The van der Waals surface area contributed by atoms with Crippen molar-refractivity contribution in [1.29, 1.82) is 0 Å². The largest absolute Gasteiger partial charge is 0.459 e. The van der Waals surface area contributed by atoms with Crippen molar-refractivity contribution in [3.8, 4) is 0 Å². The summed E-state index contributed by atoms with van der Waals surface area (Å²) in [7, 11) is 0. The highest BCUT2D eigenvalue weighted by molar-refractivity contribution is 7.99. The van der Waals surface area contributed by atoms with Crippen molar-refractivity contribution in [3.63, 3.8) is 0 Å². The van der Waals surface area contributed by atoms with E-state index in [1.54, 1.807) is 0 Å². The number of ether oxygens (including phenoxy) is 1. The Morgan fingerprint density at radius 2 is 1.86 bits per heavy atom. The maximum absolute atomic E-state index is 11.8. The van der Waals surface area contributed by atoms with Crippen LogP contribution < -0.4 is 5.73 Å². The molecule has 3 nitrogen and oxygen atoms in total. The molecule has 0 aromatic rings. The first-order valence-corrected chi connectivity index (χ1v) is 6.09. The van der Waals surface area contributed by atoms with Gasteiger partial charge in [0, 0.05) is 0 Å². The van der Waals surface area contributed by atoms with Gasteiger partial charge in [-0.2, -0.15) is 11.8 Å². The second-order valence-electron chi connectivity index (χ2n) is 4.77. The van der Waals surface area contributed by atoms with Gasteiger partial charge >= 0.3 is 5.97 Å². The van der Waals surface area contributed by atoms with Gasteiger partial charge in [-0.25, -0.2) is 0 Å². The Bertz CT molecular complexity index is 217. The molecule has 0 bridgehead atoms. The van der Waals surface area contributed by atoms with Crippen molar-refractivity contribution in [3.05, 3.63) is 0 Å². The maximum Gasteiger partial charge on any atom is 0.326 e. The molecule has 0 saturated carbocycles. The van der Waals surface area contributed by atoms with Crippen molar-refractivity contribution in [2.45, 2.75) is 44.8 Å². The minimum Gasteiger partial charge on any atom is -0.459 e. The summed E-state index contributed by atoms with van der Waals surface area (Å²) in [5, 5.41) is 0. The van der Waals surface area contributed by atoms with E-state index in [2.05, 4.69) is 0 Å². The predicted molar refractivity (Wildman–Crippen MR) is 59.3 cm³/mol. The Morgan fingerprint density at radius 3 is 2.29 bits per heavy atom. The lowest BCUT2D eigenvalue weighted by molar-refractivity contribution is -0.162. The Hall–Kier alpha value is -0.220. The molecule has 82 valence electrons. The lowest BCUT2D eigenvalue weighted by Gasteiger charge is -2.33. The maximum atomic E-state index is 11.8. The molecule has 0 unspecified atom stereocenters. The number of carbonyl (C=O) groups excluding carboxylic acids is 1. The van der Waals surface area contributed by atoms with E-state index < -0.39 is 11.1 Å². The second kappa shape index (κ2) is 4.11. The molecule has 0 spiro atoms. The summed E-state index contributed by atoms with van der Waals surface area (Å²) in [5.41, 5.74) is 4.85. The number of nitrogens with two attached hydrogens (primary N) is 1. The Labute approximate surface area is 89.8 Å². The predicted octanol–water partition coefficient (Wildman–Crippen LogP) is 1.55. The van der Waals surface area contributed by atoms with E-state index in [0.29, 0.717) is 0 Å². The van der Waals surface area contributed by atoms with Crippen LogP contribution in [-0.2, 0) is 9.53 Å². The minimum atomic E-state index is -0.738. The molecule has 1 saturated heterocycles. The summed E-state index contributed by atoms with van der Waals surface area (Å²) >= 11 is 1.84. The fourth-order valence-electron chi connectivity index (χ4n) is 1.32. The third kappa shape index (κ3) is 3.17. The molecule has 1 heterocycles. The van der Waals surface area contributed by atoms with Gasteiger partial charge in [0.2, 0.25) is 0 Å². The standard InChI is InChI=1S/C10H19NO2S/c1-9(2,3)13-8(12)10(11)4-6-14-7-5-10/h4-7,11H2,1-3H3. The fraction of sp³-hybridized carbons (Fsp3) is 0.900. The van der Waals surface area contributed by atoms with Crippen molar-refractivity contribution < 1.29 is 9.53 Å². The molecule has 0 radical (unpaired) electrons. The lowest BCUT2D eigenvalue weighted by Crippen LogP contribution is -2.53. The molecule has 1 rings (SSSR count). The second-order valence-corrected chi connectivity index (χ2v) is 6.00. The van der Waals surface area contributed by atoms with Crippen LogP contribution in [0.3, 0.4) is 0 Å². The number of thioether (sulfide) groups is 1. The van der Waals surface area contributed by atoms with Crippen LogP contribution in [0, 0.1) is 0 Å². The highest BCUT2D eigenvalue weighted by Gasteiger charge is 2.38. The number of esters is 1. The van der Waals surface area contributed by atoms with Crippen LogP contribution >= 0.6 is 11.8 Å². The van der Waals surface area contributed by atoms with Crippen molar-refractivity contribution in [1.82, 2.24) is 0 Å². The van der Waals surface area contributed by atoms with E-state index in [1.165, 1.54) is 0 Å². The first kappa shape index (κ1) is 11.9. The summed E-state index contributed by atoms with van der Waals surface area (Å²) in [6.07, 6.45) is 1.46. The van der Waals surface area contributed by atoms with E-state index in [-0.39, 0.29) is 5.97 Å². The number of hydrogen-bond donors (Lipinski definition) is 1. The van der Waals surface area contributed by atoms with E-state index in [4.69, 9.17) is 10.5 Å². The number of rotatable bonds is 1. The van der Waals surface area contributed by atoms with Gasteiger partial charge in [-0.3, -0.25) is 4.79 Å². The molecule has 1 aliphatic heterocycles. The van der Waals surface area contributed by atoms with Gasteiger partial charge in [-0.15, -0.1) is 0 Å². The zero-order valence-electron chi connectivity index (χ0n) is 9.13. The summed E-state index contributed by atoms with van der Waals surface area (Å²) < 4.78 is 5.31. The first-order chi connectivity index (χ1) is 6.33. The SMILES string of the molecule is CC(C)(C)OC(=O)C1(N)CCSCC1. The van der Waals surface area contributed by atoms with Crippen molar-refractivity contribution in [2.75, 3.05) is 11.5 Å². The number of hydrogen-bond acceptors (Lipinski definition) is 4. The van der Waals surface area contributed by atoms with E-state index in [0.717, 1.165) is 24.3 Å². The topological polar surface area (TPSA) is 52.3 Å². The van der Waals surface area contributed by atoms with Gasteiger partial charge < -0.3 is 10.5 Å². The molecule has 0 aromatic heterocycles. The molecule has 0 aromatic carbocycles. The van der Waals surface area contributed by atoms with Gasteiger partial charge in [-0.05, 0) is 45.1 Å². The molecule has 1 fully saturated rings. The number of carbonyl (C=O) groups is 1. The zero-order valence-corrected chi connectivity index (χ0v) is 9.95. The molecule has 4 heteroatoms. The summed E-state index contributed by atoms with van der Waals surface area (Å²) in [6, 6.07) is 0. The third-order valence-corrected chi connectivity index (χ3v) is 3.18. The van der Waals surface area contributed by atoms with Crippen LogP contribution in [0.5, 0.6) is 0 Å². The first-order valence-electron chi connectivity index (χ1n) is 4.94. The lowest BCUT2D eigenvalue weighted by atomic mass is 9.93. The smallest absolute Gasteiger partial charge is 0.326 e. The van der Waals surface area contributed by atoms with Gasteiger partial charge in [0.25, 0.3) is 0 Å². The van der Waals surface area contributed by atoms with Crippen LogP contribution in [0.15, 0.2) is 0 Å². The van der Waals surface area contributed by atoms with Crippen LogP contribution in [0.4, 0.5) is 0 Å². The molecule has 0 amide bonds. The molecule has 0 aliphatic carbocycles. The Kier molecular flexibility index (Phi) is 3.48. The zero-order chi connectivity index (χ0) is 10.8. The monoisotopic (exact) mass is 217 g/mol. The van der Waals surface area contributed by atoms with Gasteiger partial charge in [0.05, 0.1) is 0 Å². The molecule has 0 atom stereocenters. The van der Waals surface area contributed by atoms with Gasteiger partial charge in [0.15, 0.2) is 0 Å². The van der Waals surface area contributed by atoms with Crippen molar-refractivity contribution >= 4 is 17.7 Å². The van der Waals surface area contributed by atoms with Crippen LogP contribution in [0.25, 0.3) is 0 Å².